The minimum atomic E-state index is -0.603. The van der Waals surface area contributed by atoms with Gasteiger partial charge in [-0.1, -0.05) is 6.07 Å². The summed E-state index contributed by atoms with van der Waals surface area (Å²) in [5, 5.41) is 14.8. The third-order valence-electron chi connectivity index (χ3n) is 3.12. The van der Waals surface area contributed by atoms with Crippen molar-refractivity contribution in [1.82, 2.24) is 5.32 Å². The number of carbonyl (C=O) groups is 3. The summed E-state index contributed by atoms with van der Waals surface area (Å²) in [7, 11) is 0. The summed E-state index contributed by atoms with van der Waals surface area (Å²) in [5.74, 6) is -1.34. The smallest absolute Gasteiger partial charge is 0.308 e. The molecule has 8 nitrogen and oxygen atoms in total. The molecule has 0 radical (unpaired) electrons. The molecule has 1 aromatic heterocycles. The fraction of sp³-hybridized carbons (Fsp3) is 0.188. The number of ketones is 1. The molecule has 0 aliphatic rings. The van der Waals surface area contributed by atoms with Gasteiger partial charge < -0.3 is 10.1 Å². The van der Waals surface area contributed by atoms with Crippen LogP contribution in [0.2, 0.25) is 0 Å². The van der Waals surface area contributed by atoms with Gasteiger partial charge in [0.05, 0.1) is 16.2 Å². The van der Waals surface area contributed by atoms with Crippen molar-refractivity contribution in [1.29, 1.82) is 0 Å². The maximum absolute atomic E-state index is 11.8. The monoisotopic (exact) mass is 362 g/mol. The lowest BCUT2D eigenvalue weighted by atomic mass is 10.2. The number of non-ortho nitro benzene ring substituents is 1. The van der Waals surface area contributed by atoms with Crippen LogP contribution >= 0.6 is 11.3 Å². The number of esters is 1. The van der Waals surface area contributed by atoms with Crippen LogP contribution in [0.3, 0.4) is 0 Å². The molecule has 0 fully saturated rings. The van der Waals surface area contributed by atoms with Gasteiger partial charge in [-0.25, -0.2) is 0 Å². The van der Waals surface area contributed by atoms with E-state index in [-0.39, 0.29) is 36.6 Å². The number of rotatable bonds is 8. The summed E-state index contributed by atoms with van der Waals surface area (Å²) in [4.78, 5) is 45.6. The Kier molecular flexibility index (Phi) is 6.35. The molecular weight excluding hydrogens is 348 g/mol. The first-order chi connectivity index (χ1) is 12.0. The van der Waals surface area contributed by atoms with Crippen LogP contribution in [0.25, 0.3) is 0 Å². The van der Waals surface area contributed by atoms with Crippen molar-refractivity contribution in [3.8, 4) is 0 Å². The standard InChI is InChI=1S/C16H14N2O6S/c19-13(14-2-1-9-25-14)10-24-15(20)7-8-17-16(21)11-3-5-12(6-4-11)18(22)23/h1-6,9H,7-8,10H2,(H,17,21). The Morgan fingerprint density at radius 1 is 1.16 bits per heavy atom. The van der Waals surface area contributed by atoms with Crippen molar-refractivity contribution < 1.29 is 24.0 Å². The first-order valence-electron chi connectivity index (χ1n) is 7.22. The minimum absolute atomic E-state index is 0.0296. The van der Waals surface area contributed by atoms with E-state index in [0.29, 0.717) is 4.88 Å². The molecule has 9 heteroatoms. The SMILES string of the molecule is O=C(CCNC(=O)c1ccc([N+](=O)[O-])cc1)OCC(=O)c1cccs1. The number of thiophene rings is 1. The number of nitrogens with one attached hydrogen (secondary N) is 1. The number of ether oxygens (including phenoxy) is 1. The second-order valence-corrected chi connectivity index (χ2v) is 5.82. The van der Waals surface area contributed by atoms with Gasteiger partial charge in [-0.3, -0.25) is 24.5 Å². The van der Waals surface area contributed by atoms with Gasteiger partial charge in [0.15, 0.2) is 6.61 Å². The Bertz CT molecular complexity index is 770. The lowest BCUT2D eigenvalue weighted by molar-refractivity contribution is -0.384. The topological polar surface area (TPSA) is 116 Å². The molecule has 0 saturated heterocycles. The van der Waals surface area contributed by atoms with Gasteiger partial charge in [-0.15, -0.1) is 11.3 Å². The highest BCUT2D eigenvalue weighted by atomic mass is 32.1. The fourth-order valence-corrected chi connectivity index (χ4v) is 2.49. The molecule has 1 aromatic carbocycles. The number of nitro benzene ring substituents is 1. The summed E-state index contributed by atoms with van der Waals surface area (Å²) in [5.41, 5.74) is 0.127. The van der Waals surface area contributed by atoms with Crippen LogP contribution in [0.1, 0.15) is 26.5 Å². The summed E-state index contributed by atoms with van der Waals surface area (Å²) in [6, 6.07) is 8.47. The summed E-state index contributed by atoms with van der Waals surface area (Å²) in [6.45, 7) is -0.308. The van der Waals surface area contributed by atoms with E-state index >= 15 is 0 Å². The molecule has 1 N–H and O–H groups in total. The highest BCUT2D eigenvalue weighted by Crippen LogP contribution is 2.12. The molecule has 1 heterocycles. The van der Waals surface area contributed by atoms with E-state index in [1.165, 1.54) is 35.6 Å². The van der Waals surface area contributed by atoms with Gasteiger partial charge in [-0.05, 0) is 23.6 Å². The first-order valence-corrected chi connectivity index (χ1v) is 8.10. The second-order valence-electron chi connectivity index (χ2n) is 4.87. The van der Waals surface area contributed by atoms with Crippen LogP contribution in [0.5, 0.6) is 0 Å². The molecule has 0 atom stereocenters. The predicted octanol–water partition coefficient (Wildman–Crippen LogP) is 2.20. The molecule has 1 amide bonds. The van der Waals surface area contributed by atoms with E-state index in [1.54, 1.807) is 17.5 Å². The van der Waals surface area contributed by atoms with E-state index in [4.69, 9.17) is 4.74 Å². The quantitative estimate of drug-likeness (QED) is 0.333. The number of hydrogen-bond acceptors (Lipinski definition) is 7. The Labute approximate surface area is 146 Å². The number of hydrogen-bond donors (Lipinski definition) is 1. The van der Waals surface area contributed by atoms with E-state index in [0.717, 1.165) is 0 Å². The van der Waals surface area contributed by atoms with Crippen LogP contribution in [0.4, 0.5) is 5.69 Å². The summed E-state index contributed by atoms with van der Waals surface area (Å²) < 4.78 is 4.85. The fourth-order valence-electron chi connectivity index (χ4n) is 1.84. The summed E-state index contributed by atoms with van der Waals surface area (Å²) in [6.07, 6.45) is -0.0869. The zero-order chi connectivity index (χ0) is 18.2. The molecule has 0 saturated carbocycles. The van der Waals surface area contributed by atoms with Gasteiger partial charge in [-0.2, -0.15) is 0 Å². The van der Waals surface area contributed by atoms with E-state index in [9.17, 15) is 24.5 Å². The van der Waals surface area contributed by atoms with Crippen molar-refractivity contribution >= 4 is 34.7 Å². The predicted molar refractivity (Wildman–Crippen MR) is 89.7 cm³/mol. The average Bonchev–Trinajstić information content (AvgIpc) is 3.14. The van der Waals surface area contributed by atoms with Crippen LogP contribution in [-0.4, -0.2) is 35.7 Å². The van der Waals surface area contributed by atoms with E-state index in [2.05, 4.69) is 5.32 Å². The lowest BCUT2D eigenvalue weighted by Crippen LogP contribution is -2.27. The van der Waals surface area contributed by atoms with Crippen LogP contribution in [-0.2, 0) is 9.53 Å². The first kappa shape index (κ1) is 18.3. The van der Waals surface area contributed by atoms with Crippen LogP contribution in [0.15, 0.2) is 41.8 Å². The third-order valence-corrected chi connectivity index (χ3v) is 4.03. The minimum Gasteiger partial charge on any atom is -0.457 e. The van der Waals surface area contributed by atoms with Crippen molar-refractivity contribution in [2.24, 2.45) is 0 Å². The number of nitro groups is 1. The Hall–Kier alpha value is -3.07. The molecule has 2 rings (SSSR count). The largest absolute Gasteiger partial charge is 0.457 e. The maximum atomic E-state index is 11.8. The van der Waals surface area contributed by atoms with Crippen molar-refractivity contribution in [2.45, 2.75) is 6.42 Å². The highest BCUT2D eigenvalue weighted by molar-refractivity contribution is 7.12. The van der Waals surface area contributed by atoms with Crippen molar-refractivity contribution in [3.05, 3.63) is 62.3 Å². The number of amides is 1. The van der Waals surface area contributed by atoms with Gasteiger partial charge >= 0.3 is 5.97 Å². The number of Topliss-reactive ketones (excluding diaryl/α,β-unsaturated/α-hetero) is 1. The molecule has 25 heavy (non-hydrogen) atoms. The normalized spacial score (nSPS) is 10.1. The second kappa shape index (κ2) is 8.69. The molecule has 0 aliphatic carbocycles. The van der Waals surface area contributed by atoms with Crippen LogP contribution in [0, 0.1) is 10.1 Å². The Balaban J connectivity index is 1.70. The molecular formula is C16H14N2O6S. The number of benzene rings is 1. The lowest BCUT2D eigenvalue weighted by Gasteiger charge is -2.06. The number of nitrogens with zero attached hydrogens (tertiary/aromatic N) is 1. The molecule has 0 unspecified atom stereocenters. The van der Waals surface area contributed by atoms with Gasteiger partial charge in [0, 0.05) is 24.2 Å². The third kappa shape index (κ3) is 5.50. The zero-order valence-corrected chi connectivity index (χ0v) is 13.8. The van der Waals surface area contributed by atoms with Crippen molar-refractivity contribution in [3.63, 3.8) is 0 Å². The van der Waals surface area contributed by atoms with Gasteiger partial charge in [0.2, 0.25) is 5.78 Å². The number of carbonyl (C=O) groups excluding carboxylic acids is 3. The van der Waals surface area contributed by atoms with E-state index in [1.807, 2.05) is 0 Å². The Morgan fingerprint density at radius 2 is 1.88 bits per heavy atom. The molecule has 0 spiro atoms. The van der Waals surface area contributed by atoms with Gasteiger partial charge in [0.25, 0.3) is 11.6 Å². The average molecular weight is 362 g/mol. The van der Waals surface area contributed by atoms with Gasteiger partial charge in [0.1, 0.15) is 0 Å². The highest BCUT2D eigenvalue weighted by Gasteiger charge is 2.12. The van der Waals surface area contributed by atoms with E-state index < -0.39 is 16.8 Å². The molecule has 2 aromatic rings. The maximum Gasteiger partial charge on any atom is 0.308 e. The molecule has 0 aliphatic heterocycles. The van der Waals surface area contributed by atoms with Crippen molar-refractivity contribution in [2.75, 3.05) is 13.2 Å². The zero-order valence-electron chi connectivity index (χ0n) is 13.0. The molecule has 0 bridgehead atoms. The Morgan fingerprint density at radius 3 is 2.48 bits per heavy atom. The summed E-state index contributed by atoms with van der Waals surface area (Å²) >= 11 is 1.26. The van der Waals surface area contributed by atoms with Crippen LogP contribution < -0.4 is 5.32 Å². The molecule has 130 valence electrons.